The lowest BCUT2D eigenvalue weighted by molar-refractivity contribution is -0.113. The molecule has 4 nitrogen and oxygen atoms in total. The minimum atomic E-state index is -0.0824. The summed E-state index contributed by atoms with van der Waals surface area (Å²) in [6.45, 7) is 2.19. The van der Waals surface area contributed by atoms with Crippen LogP contribution < -0.4 is 14.4 Å². The van der Waals surface area contributed by atoms with Gasteiger partial charge in [0.25, 0.3) is 5.91 Å². The van der Waals surface area contributed by atoms with Gasteiger partial charge in [-0.05, 0) is 78.1 Å². The summed E-state index contributed by atoms with van der Waals surface area (Å²) in [7, 11) is 3.20. The molecule has 3 aromatic carbocycles. The molecule has 4 rings (SSSR count). The number of benzene rings is 3. The zero-order valence-electron chi connectivity index (χ0n) is 19.7. The molecule has 0 saturated heterocycles. The number of carbonyl (C=O) groups is 1. The lowest BCUT2D eigenvalue weighted by atomic mass is 10.1. The van der Waals surface area contributed by atoms with Gasteiger partial charge in [-0.2, -0.15) is 0 Å². The number of rotatable bonds is 8. The van der Waals surface area contributed by atoms with Crippen molar-refractivity contribution < 1.29 is 14.3 Å². The Balaban J connectivity index is 1.74. The number of hydrogen-bond acceptors (Lipinski definition) is 3. The van der Waals surface area contributed by atoms with Gasteiger partial charge in [-0.25, -0.2) is 0 Å². The molecule has 34 heavy (non-hydrogen) atoms. The second kappa shape index (κ2) is 10.6. The van der Waals surface area contributed by atoms with E-state index in [4.69, 9.17) is 21.1 Å². The van der Waals surface area contributed by atoms with Crippen LogP contribution >= 0.6 is 11.6 Å². The van der Waals surface area contributed by atoms with Crippen molar-refractivity contribution in [3.8, 4) is 11.5 Å². The lowest BCUT2D eigenvalue weighted by Crippen LogP contribution is -2.24. The second-order valence-electron chi connectivity index (χ2n) is 8.16. The zero-order valence-corrected chi connectivity index (χ0v) is 20.4. The molecule has 1 amide bonds. The van der Waals surface area contributed by atoms with E-state index in [2.05, 4.69) is 19.1 Å². The van der Waals surface area contributed by atoms with Crippen LogP contribution in [0, 0.1) is 0 Å². The summed E-state index contributed by atoms with van der Waals surface area (Å²) in [5, 5.41) is 0.654. The van der Waals surface area contributed by atoms with E-state index in [0.29, 0.717) is 22.1 Å². The first-order chi connectivity index (χ1) is 16.5. The van der Waals surface area contributed by atoms with Gasteiger partial charge in [0.2, 0.25) is 0 Å². The molecule has 0 unspecified atom stereocenters. The number of ether oxygens (including phenoxy) is 2. The largest absolute Gasteiger partial charge is 0.493 e. The standard InChI is InChI=1S/C29H28ClNO3/c1-4-5-6-20-7-14-25(15-8-20)31-26(22-10-12-24(30)13-11-22)19-23(29(31)32)17-21-9-16-27(33-2)28(18-21)34-3/h7-19H,4-6H2,1-3H3/b23-17+. The number of unbranched alkanes of at least 4 members (excludes halogenated alkanes) is 1. The molecule has 0 bridgehead atoms. The Morgan fingerprint density at radius 2 is 1.62 bits per heavy atom. The van der Waals surface area contributed by atoms with Crippen LogP contribution in [0.15, 0.2) is 78.4 Å². The highest BCUT2D eigenvalue weighted by Crippen LogP contribution is 2.36. The van der Waals surface area contributed by atoms with Crippen LogP contribution in [0.3, 0.4) is 0 Å². The van der Waals surface area contributed by atoms with Crippen LogP contribution in [-0.2, 0) is 11.2 Å². The highest BCUT2D eigenvalue weighted by molar-refractivity contribution is 6.30. The fourth-order valence-corrected chi connectivity index (χ4v) is 4.15. The summed E-state index contributed by atoms with van der Waals surface area (Å²) >= 11 is 6.12. The van der Waals surface area contributed by atoms with Gasteiger partial charge in [0.1, 0.15) is 0 Å². The van der Waals surface area contributed by atoms with Crippen LogP contribution in [0.5, 0.6) is 11.5 Å². The summed E-state index contributed by atoms with van der Waals surface area (Å²) in [6, 6.07) is 21.4. The third-order valence-corrected chi connectivity index (χ3v) is 6.12. The van der Waals surface area contributed by atoms with Crippen molar-refractivity contribution in [2.24, 2.45) is 0 Å². The van der Waals surface area contributed by atoms with Gasteiger partial charge in [0, 0.05) is 16.3 Å². The SMILES string of the molecule is CCCCc1ccc(N2C(=O)/C(=C/c3ccc(OC)c(OC)c3)C=C2c2ccc(Cl)cc2)cc1. The van der Waals surface area contributed by atoms with Crippen molar-refractivity contribution >= 4 is 35.0 Å². The van der Waals surface area contributed by atoms with Crippen molar-refractivity contribution in [1.82, 2.24) is 0 Å². The van der Waals surface area contributed by atoms with E-state index in [1.165, 1.54) is 5.56 Å². The number of amides is 1. The van der Waals surface area contributed by atoms with Gasteiger partial charge < -0.3 is 9.47 Å². The molecule has 174 valence electrons. The first-order valence-corrected chi connectivity index (χ1v) is 11.8. The van der Waals surface area contributed by atoms with Crippen molar-refractivity contribution in [2.75, 3.05) is 19.1 Å². The predicted octanol–water partition coefficient (Wildman–Crippen LogP) is 7.17. The monoisotopic (exact) mass is 473 g/mol. The highest BCUT2D eigenvalue weighted by Gasteiger charge is 2.30. The molecule has 5 heteroatoms. The number of methoxy groups -OCH3 is 2. The van der Waals surface area contributed by atoms with E-state index in [1.54, 1.807) is 19.1 Å². The number of nitrogens with zero attached hydrogens (tertiary/aromatic N) is 1. The molecular formula is C29H28ClNO3. The number of anilines is 1. The minimum absolute atomic E-state index is 0.0824. The average Bonchev–Trinajstić information content (AvgIpc) is 3.19. The molecular weight excluding hydrogens is 446 g/mol. The van der Waals surface area contributed by atoms with Crippen molar-refractivity contribution in [2.45, 2.75) is 26.2 Å². The average molecular weight is 474 g/mol. The van der Waals surface area contributed by atoms with E-state index in [0.717, 1.165) is 41.8 Å². The van der Waals surface area contributed by atoms with E-state index >= 15 is 0 Å². The quantitative estimate of drug-likeness (QED) is 0.325. The number of hydrogen-bond donors (Lipinski definition) is 0. The maximum absolute atomic E-state index is 13.6. The first kappa shape index (κ1) is 23.7. The topological polar surface area (TPSA) is 38.8 Å². The summed E-state index contributed by atoms with van der Waals surface area (Å²) in [5.41, 5.74) is 5.28. The van der Waals surface area contributed by atoms with Gasteiger partial charge in [0.15, 0.2) is 11.5 Å². The van der Waals surface area contributed by atoms with Gasteiger partial charge in [-0.3, -0.25) is 9.69 Å². The van der Waals surface area contributed by atoms with E-state index < -0.39 is 0 Å². The molecule has 3 aromatic rings. The predicted molar refractivity (Wildman–Crippen MR) is 139 cm³/mol. The molecule has 0 saturated carbocycles. The Morgan fingerprint density at radius 1 is 0.912 bits per heavy atom. The van der Waals surface area contributed by atoms with Crippen molar-refractivity contribution in [1.29, 1.82) is 0 Å². The third-order valence-electron chi connectivity index (χ3n) is 5.87. The van der Waals surface area contributed by atoms with Crippen LogP contribution in [0.4, 0.5) is 5.69 Å². The Hall–Kier alpha value is -3.50. The summed E-state index contributed by atoms with van der Waals surface area (Å²) < 4.78 is 10.8. The third kappa shape index (κ3) is 5.02. The van der Waals surface area contributed by atoms with Gasteiger partial charge in [-0.1, -0.05) is 55.3 Å². The van der Waals surface area contributed by atoms with Crippen molar-refractivity contribution in [3.63, 3.8) is 0 Å². The van der Waals surface area contributed by atoms with Crippen LogP contribution in [-0.4, -0.2) is 20.1 Å². The highest BCUT2D eigenvalue weighted by atomic mass is 35.5. The van der Waals surface area contributed by atoms with Crippen molar-refractivity contribution in [3.05, 3.63) is 100 Å². The Bertz CT molecular complexity index is 1230. The molecule has 0 aromatic heterocycles. The van der Waals surface area contributed by atoms with Gasteiger partial charge in [0.05, 0.1) is 19.9 Å². The Labute approximate surface area is 206 Å². The van der Waals surface area contributed by atoms with E-state index in [1.807, 2.05) is 66.7 Å². The van der Waals surface area contributed by atoms with Crippen LogP contribution in [0.25, 0.3) is 11.8 Å². The maximum Gasteiger partial charge on any atom is 0.262 e. The van der Waals surface area contributed by atoms with Crippen LogP contribution in [0.1, 0.15) is 36.5 Å². The molecule has 1 aliphatic heterocycles. The van der Waals surface area contributed by atoms with Crippen LogP contribution in [0.2, 0.25) is 5.02 Å². The molecule has 0 N–H and O–H groups in total. The summed E-state index contributed by atoms with van der Waals surface area (Å²) in [4.78, 5) is 15.4. The van der Waals surface area contributed by atoms with Gasteiger partial charge >= 0.3 is 0 Å². The Kier molecular flexibility index (Phi) is 7.39. The maximum atomic E-state index is 13.6. The molecule has 1 aliphatic rings. The number of halogens is 1. The normalized spacial score (nSPS) is 14.5. The fourth-order valence-electron chi connectivity index (χ4n) is 4.02. The number of carbonyl (C=O) groups excluding carboxylic acids is 1. The molecule has 0 aliphatic carbocycles. The molecule has 0 radical (unpaired) electrons. The smallest absolute Gasteiger partial charge is 0.262 e. The zero-order chi connectivity index (χ0) is 24.1. The minimum Gasteiger partial charge on any atom is -0.493 e. The van der Waals surface area contributed by atoms with E-state index in [-0.39, 0.29) is 5.91 Å². The summed E-state index contributed by atoms with van der Waals surface area (Å²) in [5.74, 6) is 1.18. The molecule has 0 spiro atoms. The molecule has 0 atom stereocenters. The fraction of sp³-hybridized carbons (Fsp3) is 0.207. The summed E-state index contributed by atoms with van der Waals surface area (Å²) in [6.07, 6.45) is 7.13. The Morgan fingerprint density at radius 3 is 2.26 bits per heavy atom. The first-order valence-electron chi connectivity index (χ1n) is 11.4. The molecule has 0 fully saturated rings. The number of aryl methyl sites for hydroxylation is 1. The second-order valence-corrected chi connectivity index (χ2v) is 8.60. The lowest BCUT2D eigenvalue weighted by Gasteiger charge is -2.21. The molecule has 1 heterocycles. The van der Waals surface area contributed by atoms with Gasteiger partial charge in [-0.15, -0.1) is 0 Å². The van der Waals surface area contributed by atoms with E-state index in [9.17, 15) is 4.79 Å².